The number of carbonyl (C=O) groups excluding carboxylic acids is 4. The zero-order valence-electron chi connectivity index (χ0n) is 16.3. The maximum atomic E-state index is 12.8. The number of imide groups is 1. The van der Waals surface area contributed by atoms with E-state index in [9.17, 15) is 19.2 Å². The molecule has 7 heteroatoms. The second-order valence-electron chi connectivity index (χ2n) is 7.57. The second kappa shape index (κ2) is 8.12. The van der Waals surface area contributed by atoms with E-state index in [-0.39, 0.29) is 17.6 Å². The van der Waals surface area contributed by atoms with Crippen molar-refractivity contribution in [3.05, 3.63) is 35.4 Å². The van der Waals surface area contributed by atoms with E-state index < -0.39 is 30.7 Å². The Morgan fingerprint density at radius 2 is 1.93 bits per heavy atom. The minimum absolute atomic E-state index is 0.0198. The van der Waals surface area contributed by atoms with Crippen LogP contribution >= 0.6 is 0 Å². The fraction of sp³-hybridized carbons (Fsp3) is 0.524. The van der Waals surface area contributed by atoms with E-state index in [1.165, 1.54) is 0 Å². The smallest absolute Gasteiger partial charge is 0.326 e. The molecule has 1 aliphatic heterocycles. The monoisotopic (exact) mass is 386 g/mol. The molecular formula is C21H26N2O5. The van der Waals surface area contributed by atoms with Crippen molar-refractivity contribution in [3.63, 3.8) is 0 Å². The quantitative estimate of drug-likeness (QED) is 0.461. The SMILES string of the molecule is CCc1ccc(C(=O)COC(=O)CN2C(=O)NC3(CCCCC3C)C2=O)cc1. The van der Waals surface area contributed by atoms with Gasteiger partial charge in [0, 0.05) is 5.56 Å². The standard InChI is InChI=1S/C21H26N2O5/c1-3-15-7-9-16(10-8-15)17(24)13-28-18(25)12-23-19(26)21(22-20(23)27)11-5-4-6-14(21)2/h7-10,14H,3-6,11-13H2,1-2H3,(H,22,27). The van der Waals surface area contributed by atoms with Crippen LogP contribution in [0.25, 0.3) is 0 Å². The van der Waals surface area contributed by atoms with Crippen molar-refractivity contribution >= 4 is 23.7 Å². The predicted octanol–water partition coefficient (Wildman–Crippen LogP) is 2.48. The Morgan fingerprint density at radius 1 is 1.21 bits per heavy atom. The third-order valence-corrected chi connectivity index (χ3v) is 5.84. The number of hydrogen-bond donors (Lipinski definition) is 1. The number of rotatable bonds is 6. The number of ether oxygens (including phenoxy) is 1. The number of urea groups is 1. The van der Waals surface area contributed by atoms with Crippen molar-refractivity contribution in [2.75, 3.05) is 13.2 Å². The van der Waals surface area contributed by atoms with E-state index in [2.05, 4.69) is 5.32 Å². The van der Waals surface area contributed by atoms with Gasteiger partial charge >= 0.3 is 12.0 Å². The summed E-state index contributed by atoms with van der Waals surface area (Å²) in [6.45, 7) is 3.06. The summed E-state index contributed by atoms with van der Waals surface area (Å²) in [5.74, 6) is -1.46. The Hall–Kier alpha value is -2.70. The molecule has 3 rings (SSSR count). The number of nitrogens with one attached hydrogen (secondary N) is 1. The molecule has 0 bridgehead atoms. The van der Waals surface area contributed by atoms with Crippen molar-refractivity contribution in [1.29, 1.82) is 0 Å². The molecule has 1 aromatic carbocycles. The molecule has 1 heterocycles. The third-order valence-electron chi connectivity index (χ3n) is 5.84. The summed E-state index contributed by atoms with van der Waals surface area (Å²) in [7, 11) is 0. The van der Waals surface area contributed by atoms with Crippen molar-refractivity contribution < 1.29 is 23.9 Å². The fourth-order valence-corrected chi connectivity index (χ4v) is 3.97. The minimum atomic E-state index is -0.910. The van der Waals surface area contributed by atoms with E-state index in [0.717, 1.165) is 36.1 Å². The summed E-state index contributed by atoms with van der Waals surface area (Å²) < 4.78 is 5.01. The maximum absolute atomic E-state index is 12.8. The summed E-state index contributed by atoms with van der Waals surface area (Å²) in [6.07, 6.45) is 4.19. The van der Waals surface area contributed by atoms with Crippen LogP contribution in [0.3, 0.4) is 0 Å². The molecule has 2 unspecified atom stereocenters. The number of benzene rings is 1. The van der Waals surface area contributed by atoms with Gasteiger partial charge in [-0.05, 0) is 30.7 Å². The first-order valence-electron chi connectivity index (χ1n) is 9.79. The lowest BCUT2D eigenvalue weighted by Crippen LogP contribution is -2.54. The van der Waals surface area contributed by atoms with Crippen LogP contribution in [-0.2, 0) is 20.7 Å². The third kappa shape index (κ3) is 3.79. The molecule has 7 nitrogen and oxygen atoms in total. The molecule has 1 spiro atoms. The zero-order valence-corrected chi connectivity index (χ0v) is 16.3. The van der Waals surface area contributed by atoms with Gasteiger partial charge in [0.2, 0.25) is 0 Å². The molecule has 1 saturated heterocycles. The van der Waals surface area contributed by atoms with Crippen molar-refractivity contribution in [1.82, 2.24) is 10.2 Å². The molecule has 1 aromatic rings. The summed E-state index contributed by atoms with van der Waals surface area (Å²) >= 11 is 0. The molecule has 2 aliphatic rings. The lowest BCUT2D eigenvalue weighted by Gasteiger charge is -2.36. The number of amides is 3. The van der Waals surface area contributed by atoms with Gasteiger partial charge in [0.05, 0.1) is 0 Å². The Labute approximate surface area is 164 Å². The highest BCUT2D eigenvalue weighted by Crippen LogP contribution is 2.38. The van der Waals surface area contributed by atoms with Gasteiger partial charge in [-0.2, -0.15) is 0 Å². The number of hydrogen-bond acceptors (Lipinski definition) is 5. The number of ketones is 1. The van der Waals surface area contributed by atoms with Crippen molar-refractivity contribution in [2.45, 2.75) is 51.5 Å². The van der Waals surface area contributed by atoms with Crippen LogP contribution in [0.5, 0.6) is 0 Å². The van der Waals surface area contributed by atoms with Crippen LogP contribution < -0.4 is 5.32 Å². The van der Waals surface area contributed by atoms with Crippen LogP contribution in [0.2, 0.25) is 0 Å². The number of aryl methyl sites for hydroxylation is 1. The summed E-state index contributed by atoms with van der Waals surface area (Å²) in [5, 5.41) is 2.79. The van der Waals surface area contributed by atoms with Gasteiger partial charge in [-0.25, -0.2) is 4.79 Å². The summed E-state index contributed by atoms with van der Waals surface area (Å²) in [6, 6.07) is 6.53. The largest absolute Gasteiger partial charge is 0.456 e. The normalized spacial score (nSPS) is 24.4. The van der Waals surface area contributed by atoms with Gasteiger partial charge in [0.1, 0.15) is 12.1 Å². The summed E-state index contributed by atoms with van der Waals surface area (Å²) in [5.41, 5.74) is 0.653. The topological polar surface area (TPSA) is 92.8 Å². The van der Waals surface area contributed by atoms with E-state index in [0.29, 0.717) is 12.0 Å². The Kier molecular flexibility index (Phi) is 5.82. The number of Topliss-reactive ketones (excluding diaryl/α,β-unsaturated/α-hetero) is 1. The van der Waals surface area contributed by atoms with E-state index in [1.54, 1.807) is 12.1 Å². The van der Waals surface area contributed by atoms with Crippen molar-refractivity contribution in [2.24, 2.45) is 5.92 Å². The van der Waals surface area contributed by atoms with Crippen molar-refractivity contribution in [3.8, 4) is 0 Å². The van der Waals surface area contributed by atoms with Crippen LogP contribution in [-0.4, -0.2) is 47.3 Å². The summed E-state index contributed by atoms with van der Waals surface area (Å²) in [4.78, 5) is 50.3. The average Bonchev–Trinajstić information content (AvgIpc) is 2.93. The highest BCUT2D eigenvalue weighted by atomic mass is 16.5. The molecular weight excluding hydrogens is 360 g/mol. The Morgan fingerprint density at radius 3 is 2.57 bits per heavy atom. The molecule has 2 atom stereocenters. The first-order valence-corrected chi connectivity index (χ1v) is 9.79. The highest BCUT2D eigenvalue weighted by Gasteiger charge is 2.55. The zero-order chi connectivity index (χ0) is 20.3. The lowest BCUT2D eigenvalue weighted by atomic mass is 9.73. The Balaban J connectivity index is 1.56. The molecule has 2 fully saturated rings. The molecule has 1 N–H and O–H groups in total. The van der Waals surface area contributed by atoms with Crippen LogP contribution in [0, 0.1) is 5.92 Å². The van der Waals surface area contributed by atoms with Crippen LogP contribution in [0.4, 0.5) is 4.79 Å². The van der Waals surface area contributed by atoms with Gasteiger partial charge in [-0.3, -0.25) is 19.3 Å². The van der Waals surface area contributed by atoms with Crippen LogP contribution in [0.15, 0.2) is 24.3 Å². The van der Waals surface area contributed by atoms with Gasteiger partial charge in [0.25, 0.3) is 5.91 Å². The molecule has 28 heavy (non-hydrogen) atoms. The maximum Gasteiger partial charge on any atom is 0.326 e. The molecule has 0 radical (unpaired) electrons. The number of nitrogens with zero attached hydrogens (tertiary/aromatic N) is 1. The van der Waals surface area contributed by atoms with Gasteiger partial charge in [-0.1, -0.05) is 51.0 Å². The van der Waals surface area contributed by atoms with Gasteiger partial charge in [-0.15, -0.1) is 0 Å². The van der Waals surface area contributed by atoms with E-state index in [4.69, 9.17) is 4.74 Å². The molecule has 0 aromatic heterocycles. The molecule has 150 valence electrons. The highest BCUT2D eigenvalue weighted by molar-refractivity contribution is 6.09. The number of carbonyl (C=O) groups is 4. The van der Waals surface area contributed by atoms with E-state index >= 15 is 0 Å². The second-order valence-corrected chi connectivity index (χ2v) is 7.57. The molecule has 1 aliphatic carbocycles. The first kappa shape index (κ1) is 20.0. The van der Waals surface area contributed by atoms with E-state index in [1.807, 2.05) is 26.0 Å². The Bertz CT molecular complexity index is 788. The van der Waals surface area contributed by atoms with Gasteiger partial charge < -0.3 is 10.1 Å². The lowest BCUT2D eigenvalue weighted by molar-refractivity contribution is -0.147. The first-order chi connectivity index (χ1) is 13.4. The van der Waals surface area contributed by atoms with Gasteiger partial charge in [0.15, 0.2) is 12.4 Å². The molecule has 3 amide bonds. The minimum Gasteiger partial charge on any atom is -0.456 e. The number of esters is 1. The fourth-order valence-electron chi connectivity index (χ4n) is 3.97. The molecule has 1 saturated carbocycles. The predicted molar refractivity (Wildman–Crippen MR) is 102 cm³/mol. The average molecular weight is 386 g/mol. The van der Waals surface area contributed by atoms with Crippen LogP contribution in [0.1, 0.15) is 55.5 Å².